The van der Waals surface area contributed by atoms with Gasteiger partial charge in [0.25, 0.3) is 0 Å². The van der Waals surface area contributed by atoms with Gasteiger partial charge in [-0.15, -0.1) is 0 Å². The second-order valence-corrected chi connectivity index (χ2v) is 6.44. The number of nitrogens with zero attached hydrogens (tertiary/aromatic N) is 2. The molecule has 0 fully saturated rings. The van der Waals surface area contributed by atoms with Crippen molar-refractivity contribution in [3.63, 3.8) is 0 Å². The number of nitrogens with two attached hydrogens (primary N) is 1. The molecule has 2 N–H and O–H groups in total. The average molecular weight is 315 g/mol. The summed E-state index contributed by atoms with van der Waals surface area (Å²) in [6.07, 6.45) is 3.48. The first-order valence-electron chi connectivity index (χ1n) is 8.08. The Morgan fingerprint density at radius 2 is 1.70 bits per heavy atom. The highest BCUT2D eigenvalue weighted by atomic mass is 19.1. The number of rotatable bonds is 7. The Morgan fingerprint density at radius 3 is 2.35 bits per heavy atom. The Balaban J connectivity index is 2.00. The minimum atomic E-state index is -0.154. The lowest BCUT2D eigenvalue weighted by Crippen LogP contribution is -2.13. The first-order chi connectivity index (χ1) is 10.9. The number of halogens is 1. The number of anilines is 1. The molecule has 23 heavy (non-hydrogen) atoms. The molecule has 2 rings (SSSR count). The van der Waals surface area contributed by atoms with Crippen molar-refractivity contribution in [2.45, 2.75) is 32.6 Å². The van der Waals surface area contributed by atoms with E-state index in [4.69, 9.17) is 5.73 Å². The zero-order chi connectivity index (χ0) is 16.8. The van der Waals surface area contributed by atoms with E-state index in [1.165, 1.54) is 0 Å². The van der Waals surface area contributed by atoms with Crippen LogP contribution in [0.1, 0.15) is 28.8 Å². The molecule has 0 amide bonds. The number of hydrogen-bond acceptors (Lipinski definition) is 3. The molecule has 124 valence electrons. The first-order valence-corrected chi connectivity index (χ1v) is 8.08. The first kappa shape index (κ1) is 17.4. The maximum absolute atomic E-state index is 13.8. The molecule has 0 spiro atoms. The van der Waals surface area contributed by atoms with E-state index in [0.29, 0.717) is 5.82 Å². The van der Waals surface area contributed by atoms with Crippen molar-refractivity contribution in [2.75, 3.05) is 26.4 Å². The topological polar surface area (TPSA) is 42.1 Å². The molecule has 0 aliphatic rings. The van der Waals surface area contributed by atoms with Crippen molar-refractivity contribution in [2.24, 2.45) is 0 Å². The van der Waals surface area contributed by atoms with Gasteiger partial charge in [0.2, 0.25) is 0 Å². The molecule has 2 aromatic rings. The molecular weight excluding hydrogens is 289 g/mol. The fourth-order valence-corrected chi connectivity index (χ4v) is 2.77. The number of benzene rings is 1. The highest BCUT2D eigenvalue weighted by Crippen LogP contribution is 2.15. The van der Waals surface area contributed by atoms with E-state index in [9.17, 15) is 4.39 Å². The normalized spacial score (nSPS) is 11.2. The summed E-state index contributed by atoms with van der Waals surface area (Å²) in [5.74, 6) is 0.391. The molecule has 0 atom stereocenters. The van der Waals surface area contributed by atoms with E-state index < -0.39 is 0 Å². The summed E-state index contributed by atoms with van der Waals surface area (Å²) < 4.78 is 13.8. The molecule has 0 aliphatic carbocycles. The van der Waals surface area contributed by atoms with Gasteiger partial charge in [0.1, 0.15) is 11.6 Å². The lowest BCUT2D eigenvalue weighted by molar-refractivity contribution is 0.400. The third-order valence-electron chi connectivity index (χ3n) is 3.80. The van der Waals surface area contributed by atoms with Gasteiger partial charge in [0.05, 0.1) is 0 Å². The van der Waals surface area contributed by atoms with Gasteiger partial charge in [-0.3, -0.25) is 0 Å². The molecule has 0 saturated carbocycles. The fourth-order valence-electron chi connectivity index (χ4n) is 2.77. The number of nitrogen functional groups attached to an aromatic ring is 1. The molecular formula is C19H26FN3. The molecule has 1 aromatic carbocycles. The molecule has 0 radical (unpaired) electrons. The SMILES string of the molecule is Cc1cc(N)nc(CCc2cc(F)cc(CCCN(C)C)c2)c1. The van der Waals surface area contributed by atoms with Crippen molar-refractivity contribution in [1.29, 1.82) is 0 Å². The highest BCUT2D eigenvalue weighted by molar-refractivity contribution is 5.34. The zero-order valence-corrected chi connectivity index (χ0v) is 14.3. The van der Waals surface area contributed by atoms with Crippen LogP contribution in [0.2, 0.25) is 0 Å². The van der Waals surface area contributed by atoms with E-state index in [2.05, 4.69) is 30.0 Å². The van der Waals surface area contributed by atoms with E-state index in [-0.39, 0.29) is 5.82 Å². The van der Waals surface area contributed by atoms with Crippen LogP contribution >= 0.6 is 0 Å². The van der Waals surface area contributed by atoms with Crippen LogP contribution in [0.3, 0.4) is 0 Å². The lowest BCUT2D eigenvalue weighted by atomic mass is 10.0. The highest BCUT2D eigenvalue weighted by Gasteiger charge is 2.04. The molecule has 1 aromatic heterocycles. The quantitative estimate of drug-likeness (QED) is 0.851. The Kier molecular flexibility index (Phi) is 6.11. The average Bonchev–Trinajstić information content (AvgIpc) is 2.43. The number of hydrogen-bond donors (Lipinski definition) is 1. The minimum absolute atomic E-state index is 0.154. The van der Waals surface area contributed by atoms with Crippen LogP contribution in [0.15, 0.2) is 30.3 Å². The predicted octanol–water partition coefficient (Wildman–Crippen LogP) is 3.39. The van der Waals surface area contributed by atoms with Gasteiger partial charge in [-0.1, -0.05) is 6.07 Å². The maximum atomic E-state index is 13.8. The molecule has 0 saturated heterocycles. The Morgan fingerprint density at radius 1 is 1.00 bits per heavy atom. The van der Waals surface area contributed by atoms with Crippen molar-refractivity contribution in [1.82, 2.24) is 9.88 Å². The second-order valence-electron chi connectivity index (χ2n) is 6.44. The van der Waals surface area contributed by atoms with Crippen LogP contribution in [-0.4, -0.2) is 30.5 Å². The van der Waals surface area contributed by atoms with Crippen molar-refractivity contribution >= 4 is 5.82 Å². The number of pyridine rings is 1. The summed E-state index contributed by atoms with van der Waals surface area (Å²) >= 11 is 0. The fraction of sp³-hybridized carbons (Fsp3) is 0.421. The Hall–Kier alpha value is -1.94. The summed E-state index contributed by atoms with van der Waals surface area (Å²) in [7, 11) is 4.11. The third kappa shape index (κ3) is 5.99. The number of aromatic nitrogens is 1. The molecule has 0 aliphatic heterocycles. The lowest BCUT2D eigenvalue weighted by Gasteiger charge is -2.10. The molecule has 4 heteroatoms. The van der Waals surface area contributed by atoms with Crippen LogP contribution in [0.4, 0.5) is 10.2 Å². The minimum Gasteiger partial charge on any atom is -0.384 e. The monoisotopic (exact) mass is 315 g/mol. The van der Waals surface area contributed by atoms with Crippen LogP contribution in [0, 0.1) is 12.7 Å². The summed E-state index contributed by atoms with van der Waals surface area (Å²) in [6.45, 7) is 3.02. The van der Waals surface area contributed by atoms with Crippen molar-refractivity contribution in [3.05, 3.63) is 58.5 Å². The molecule has 0 unspecified atom stereocenters. The van der Waals surface area contributed by atoms with E-state index in [1.807, 2.05) is 19.1 Å². The van der Waals surface area contributed by atoms with Gasteiger partial charge in [-0.25, -0.2) is 9.37 Å². The maximum Gasteiger partial charge on any atom is 0.123 e. The third-order valence-corrected chi connectivity index (χ3v) is 3.80. The number of aryl methyl sites for hydroxylation is 4. The van der Waals surface area contributed by atoms with Gasteiger partial charge < -0.3 is 10.6 Å². The standard InChI is InChI=1S/C19H26FN3/c1-14-9-18(22-19(21)10-14)7-6-16-11-15(12-17(20)13-16)5-4-8-23(2)3/h9-13H,4-8H2,1-3H3,(H2,21,22). The van der Waals surface area contributed by atoms with E-state index >= 15 is 0 Å². The van der Waals surface area contributed by atoms with E-state index in [0.717, 1.165) is 54.6 Å². The van der Waals surface area contributed by atoms with Crippen molar-refractivity contribution < 1.29 is 4.39 Å². The summed E-state index contributed by atoms with van der Waals surface area (Å²) in [5, 5.41) is 0. The molecule has 3 nitrogen and oxygen atoms in total. The van der Waals surface area contributed by atoms with Crippen LogP contribution in [0.5, 0.6) is 0 Å². The van der Waals surface area contributed by atoms with Crippen molar-refractivity contribution in [3.8, 4) is 0 Å². The Bertz CT molecular complexity index is 633. The van der Waals surface area contributed by atoms with Crippen LogP contribution < -0.4 is 5.73 Å². The Labute approximate surface area is 138 Å². The van der Waals surface area contributed by atoms with E-state index in [1.54, 1.807) is 12.1 Å². The van der Waals surface area contributed by atoms with Crippen LogP contribution in [0.25, 0.3) is 0 Å². The second kappa shape index (κ2) is 8.06. The summed E-state index contributed by atoms with van der Waals surface area (Å²) in [5.41, 5.74) is 9.94. The predicted molar refractivity (Wildman–Crippen MR) is 94.1 cm³/mol. The molecule has 1 heterocycles. The van der Waals surface area contributed by atoms with Gasteiger partial charge >= 0.3 is 0 Å². The largest absolute Gasteiger partial charge is 0.384 e. The summed E-state index contributed by atoms with van der Waals surface area (Å²) in [4.78, 5) is 6.49. The van der Waals surface area contributed by atoms with Gasteiger partial charge in [-0.2, -0.15) is 0 Å². The zero-order valence-electron chi connectivity index (χ0n) is 14.3. The molecule has 0 bridgehead atoms. The van der Waals surface area contributed by atoms with Gasteiger partial charge in [0, 0.05) is 5.69 Å². The van der Waals surface area contributed by atoms with Crippen LogP contribution in [-0.2, 0) is 19.3 Å². The van der Waals surface area contributed by atoms with Gasteiger partial charge in [0.15, 0.2) is 0 Å². The van der Waals surface area contributed by atoms with Gasteiger partial charge in [-0.05, 0) is 94.2 Å². The summed E-state index contributed by atoms with van der Waals surface area (Å²) in [6, 6.07) is 9.26. The smallest absolute Gasteiger partial charge is 0.123 e.